The van der Waals surface area contributed by atoms with Crippen LogP contribution in [0, 0.1) is 18.3 Å². The molecular weight excluding hydrogens is 477 g/mol. The fraction of sp³-hybridized carbons (Fsp3) is 0.677. The van der Waals surface area contributed by atoms with E-state index in [4.69, 9.17) is 13.6 Å². The first-order chi connectivity index (χ1) is 16.2. The van der Waals surface area contributed by atoms with Gasteiger partial charge in [0.2, 0.25) is 0 Å². The first-order valence-corrected chi connectivity index (χ1v) is 19.5. The van der Waals surface area contributed by atoms with Crippen LogP contribution < -0.4 is 4.74 Å². The average Bonchev–Trinajstić information content (AvgIpc) is 3.06. The molecule has 0 amide bonds. The summed E-state index contributed by atoms with van der Waals surface area (Å²) >= 11 is 0. The molecule has 1 aromatic rings. The Balaban J connectivity index is 2.41. The number of ether oxygens (including phenoxy) is 1. The largest absolute Gasteiger partial charge is 0.496 e. The second-order valence-electron chi connectivity index (χ2n) is 14.6. The Hall–Kier alpha value is -1.15. The lowest BCUT2D eigenvalue weighted by atomic mass is 9.66. The summed E-state index contributed by atoms with van der Waals surface area (Å²) in [6.07, 6.45) is 4.44. The Morgan fingerprint density at radius 1 is 0.889 bits per heavy atom. The van der Waals surface area contributed by atoms with Crippen LogP contribution in [0.15, 0.2) is 29.9 Å². The molecule has 36 heavy (non-hydrogen) atoms. The lowest BCUT2D eigenvalue weighted by molar-refractivity contribution is -0.0115. The molecule has 0 saturated heterocycles. The molecular formula is C31H52O3Si2. The fourth-order valence-corrected chi connectivity index (χ4v) is 7.68. The van der Waals surface area contributed by atoms with E-state index in [9.17, 15) is 0 Å². The van der Waals surface area contributed by atoms with Crippen molar-refractivity contribution in [1.29, 1.82) is 0 Å². The van der Waals surface area contributed by atoms with Gasteiger partial charge in [-0.1, -0.05) is 73.6 Å². The number of allylic oxidation sites excluding steroid dienone is 2. The molecule has 2 aliphatic rings. The van der Waals surface area contributed by atoms with Gasteiger partial charge >= 0.3 is 0 Å². The molecule has 3 nitrogen and oxygen atoms in total. The molecule has 1 aromatic carbocycles. The van der Waals surface area contributed by atoms with Crippen molar-refractivity contribution in [2.75, 3.05) is 7.11 Å². The summed E-state index contributed by atoms with van der Waals surface area (Å²) in [5.41, 5.74) is 6.20. The van der Waals surface area contributed by atoms with Crippen LogP contribution in [0.3, 0.4) is 0 Å². The third-order valence-corrected chi connectivity index (χ3v) is 18.4. The summed E-state index contributed by atoms with van der Waals surface area (Å²) in [6.45, 7) is 32.5. The number of aryl methyl sites for hydroxylation is 1. The number of hydrogen-bond acceptors (Lipinski definition) is 3. The van der Waals surface area contributed by atoms with E-state index >= 15 is 0 Å². The van der Waals surface area contributed by atoms with Crippen molar-refractivity contribution in [1.82, 2.24) is 0 Å². The lowest BCUT2D eigenvalue weighted by Crippen LogP contribution is -2.55. The molecule has 0 heterocycles. The highest BCUT2D eigenvalue weighted by atomic mass is 28.4. The van der Waals surface area contributed by atoms with Crippen LogP contribution in [0.1, 0.15) is 85.1 Å². The van der Waals surface area contributed by atoms with Gasteiger partial charge in [0.1, 0.15) is 11.9 Å². The molecule has 3 rings (SSSR count). The van der Waals surface area contributed by atoms with Crippen LogP contribution in [-0.2, 0) is 8.85 Å². The number of benzene rings is 1. The quantitative estimate of drug-likeness (QED) is 0.344. The Bertz CT molecular complexity index is 1070. The van der Waals surface area contributed by atoms with Gasteiger partial charge in [0, 0.05) is 11.0 Å². The van der Waals surface area contributed by atoms with E-state index in [2.05, 4.69) is 120 Å². The van der Waals surface area contributed by atoms with Gasteiger partial charge in [-0.2, -0.15) is 0 Å². The summed E-state index contributed by atoms with van der Waals surface area (Å²) in [6, 6.07) is 4.52. The van der Waals surface area contributed by atoms with Gasteiger partial charge in [-0.3, -0.25) is 0 Å². The van der Waals surface area contributed by atoms with Gasteiger partial charge in [-0.05, 0) is 84.4 Å². The molecule has 0 aromatic heterocycles. The summed E-state index contributed by atoms with van der Waals surface area (Å²) < 4.78 is 20.9. The van der Waals surface area contributed by atoms with Crippen LogP contribution >= 0.6 is 0 Å². The monoisotopic (exact) mass is 528 g/mol. The number of methoxy groups -OCH3 is 1. The topological polar surface area (TPSA) is 27.7 Å². The average molecular weight is 529 g/mol. The maximum atomic E-state index is 7.44. The Kier molecular flexibility index (Phi) is 7.56. The highest BCUT2D eigenvalue weighted by Gasteiger charge is 2.56. The minimum Gasteiger partial charge on any atom is -0.496 e. The van der Waals surface area contributed by atoms with E-state index < -0.39 is 16.6 Å². The Morgan fingerprint density at radius 2 is 1.42 bits per heavy atom. The van der Waals surface area contributed by atoms with Crippen molar-refractivity contribution in [2.45, 2.75) is 118 Å². The highest BCUT2D eigenvalue weighted by molar-refractivity contribution is 6.74. The lowest BCUT2D eigenvalue weighted by Gasteiger charge is -2.53. The molecule has 5 heteroatoms. The predicted octanol–water partition coefficient (Wildman–Crippen LogP) is 9.46. The van der Waals surface area contributed by atoms with Crippen LogP contribution in [-0.4, -0.2) is 29.8 Å². The molecule has 2 aliphatic carbocycles. The van der Waals surface area contributed by atoms with Crippen molar-refractivity contribution in [3.63, 3.8) is 0 Å². The van der Waals surface area contributed by atoms with Gasteiger partial charge in [0.05, 0.1) is 13.2 Å². The standard InChI is InChI=1S/C31H52O3Si2/c1-20(2)22-16-17-31(10)26(22)23-18-21(3)19-24(32-11)25(23)27(33-35(12,13)29(4,5)6)28(31)34-36(14,15)30(7,8)9/h16-20,27-28H,1-15H3/t27-,28-,31+/m0/s1. The van der Waals surface area contributed by atoms with Crippen molar-refractivity contribution < 1.29 is 13.6 Å². The summed E-state index contributed by atoms with van der Waals surface area (Å²) in [7, 11) is -2.49. The van der Waals surface area contributed by atoms with Crippen molar-refractivity contribution in [2.24, 2.45) is 11.3 Å². The van der Waals surface area contributed by atoms with Gasteiger partial charge in [-0.25, -0.2) is 0 Å². The molecule has 0 saturated carbocycles. The third-order valence-electron chi connectivity index (χ3n) is 9.44. The molecule has 202 valence electrons. The minimum atomic E-state index is -2.15. The first-order valence-electron chi connectivity index (χ1n) is 13.7. The van der Waals surface area contributed by atoms with Crippen LogP contribution in [0.5, 0.6) is 5.75 Å². The molecule has 0 spiro atoms. The van der Waals surface area contributed by atoms with Crippen molar-refractivity contribution >= 4 is 22.2 Å². The number of fused-ring (bicyclic) bond motifs is 3. The predicted molar refractivity (Wildman–Crippen MR) is 160 cm³/mol. The normalized spacial score (nSPS) is 24.9. The zero-order valence-electron chi connectivity index (χ0n) is 25.8. The van der Waals surface area contributed by atoms with Gasteiger partial charge < -0.3 is 13.6 Å². The maximum absolute atomic E-state index is 7.44. The first kappa shape index (κ1) is 29.4. The molecule has 3 atom stereocenters. The zero-order valence-corrected chi connectivity index (χ0v) is 27.8. The Labute approximate surface area is 224 Å². The van der Waals surface area contributed by atoms with Gasteiger partial charge in [-0.15, -0.1) is 0 Å². The SMILES string of the molecule is COc1cc(C)cc2c1[C@H](O[Si](C)(C)C(C)(C)C)[C@H](O[Si](C)(C)C(C)(C)C)[C@]1(C)C=CC(C(C)C)=C21. The van der Waals surface area contributed by atoms with E-state index in [1.807, 2.05) is 0 Å². The van der Waals surface area contributed by atoms with Crippen LogP contribution in [0.4, 0.5) is 0 Å². The smallest absolute Gasteiger partial charge is 0.193 e. The molecule has 0 radical (unpaired) electrons. The molecule has 0 aliphatic heterocycles. The van der Waals surface area contributed by atoms with E-state index in [0.717, 1.165) is 5.75 Å². The van der Waals surface area contributed by atoms with Crippen LogP contribution in [0.25, 0.3) is 5.57 Å². The molecule has 0 unspecified atom stereocenters. The van der Waals surface area contributed by atoms with E-state index in [1.165, 1.54) is 27.8 Å². The van der Waals surface area contributed by atoms with Crippen molar-refractivity contribution in [3.05, 3.63) is 46.5 Å². The van der Waals surface area contributed by atoms with E-state index in [1.54, 1.807) is 7.11 Å². The van der Waals surface area contributed by atoms with Gasteiger partial charge in [0.15, 0.2) is 16.6 Å². The van der Waals surface area contributed by atoms with Crippen molar-refractivity contribution in [3.8, 4) is 5.75 Å². The maximum Gasteiger partial charge on any atom is 0.193 e. The number of rotatable bonds is 6. The zero-order chi connectivity index (χ0) is 27.6. The Morgan fingerprint density at radius 3 is 1.89 bits per heavy atom. The summed E-state index contributed by atoms with van der Waals surface area (Å²) in [4.78, 5) is 0. The van der Waals surface area contributed by atoms with Crippen LogP contribution in [0.2, 0.25) is 36.3 Å². The second-order valence-corrected chi connectivity index (χ2v) is 24.1. The van der Waals surface area contributed by atoms with E-state index in [0.29, 0.717) is 5.92 Å². The van der Waals surface area contributed by atoms with E-state index in [-0.39, 0.29) is 27.7 Å². The fourth-order valence-electron chi connectivity index (χ4n) is 5.10. The number of hydrogen-bond donors (Lipinski definition) is 0. The second kappa shape index (κ2) is 9.25. The summed E-state index contributed by atoms with van der Waals surface area (Å²) in [5.74, 6) is 1.34. The molecule has 0 fully saturated rings. The molecule has 0 bridgehead atoms. The van der Waals surface area contributed by atoms with Gasteiger partial charge in [0.25, 0.3) is 0 Å². The molecule has 0 N–H and O–H groups in total. The highest BCUT2D eigenvalue weighted by Crippen LogP contribution is 2.61. The minimum absolute atomic E-state index is 0.0816. The summed E-state index contributed by atoms with van der Waals surface area (Å²) in [5, 5.41) is 0.174. The third kappa shape index (κ3) is 4.86.